The van der Waals surface area contributed by atoms with Gasteiger partial charge in [-0.05, 0) is 29.8 Å². The Hall–Kier alpha value is -3.28. The second kappa shape index (κ2) is 6.68. The Balaban J connectivity index is 2.14. The lowest BCUT2D eigenvalue weighted by atomic mass is 10.1. The van der Waals surface area contributed by atoms with Gasteiger partial charge in [-0.3, -0.25) is 4.79 Å². The maximum Gasteiger partial charge on any atom is 0.341 e. The predicted molar refractivity (Wildman–Crippen MR) is 93.8 cm³/mol. The molecular weight excluding hydrogens is 322 g/mol. The zero-order valence-electron chi connectivity index (χ0n) is 13.9. The summed E-state index contributed by atoms with van der Waals surface area (Å²) in [5.41, 5.74) is 0.834. The number of rotatable bonds is 5. The number of methoxy groups -OCH3 is 2. The molecule has 6 heteroatoms. The molecule has 25 heavy (non-hydrogen) atoms. The highest BCUT2D eigenvalue weighted by Crippen LogP contribution is 2.28. The van der Waals surface area contributed by atoms with Crippen molar-refractivity contribution in [1.82, 2.24) is 4.57 Å². The first-order chi connectivity index (χ1) is 12.0. The van der Waals surface area contributed by atoms with Crippen LogP contribution >= 0.6 is 0 Å². The van der Waals surface area contributed by atoms with E-state index in [0.29, 0.717) is 28.9 Å². The minimum atomic E-state index is -1.24. The number of pyridine rings is 1. The first kappa shape index (κ1) is 16.6. The van der Waals surface area contributed by atoms with Crippen LogP contribution in [0.3, 0.4) is 0 Å². The maximum absolute atomic E-state index is 12.3. The van der Waals surface area contributed by atoms with Gasteiger partial charge in [0, 0.05) is 18.1 Å². The molecule has 0 amide bonds. The van der Waals surface area contributed by atoms with Crippen LogP contribution in [0.4, 0.5) is 0 Å². The number of aromatic nitrogens is 1. The second-order valence-corrected chi connectivity index (χ2v) is 5.51. The molecule has 0 aliphatic heterocycles. The molecular formula is C19H17NO5. The van der Waals surface area contributed by atoms with Crippen LogP contribution in [0.5, 0.6) is 11.5 Å². The Morgan fingerprint density at radius 1 is 1.08 bits per heavy atom. The van der Waals surface area contributed by atoms with Gasteiger partial charge < -0.3 is 19.1 Å². The van der Waals surface area contributed by atoms with E-state index < -0.39 is 11.4 Å². The summed E-state index contributed by atoms with van der Waals surface area (Å²) in [4.78, 5) is 23.7. The van der Waals surface area contributed by atoms with Crippen LogP contribution in [0, 0.1) is 0 Å². The number of aromatic carboxylic acids is 1. The van der Waals surface area contributed by atoms with E-state index in [1.807, 2.05) is 18.2 Å². The van der Waals surface area contributed by atoms with Crippen LogP contribution < -0.4 is 14.9 Å². The van der Waals surface area contributed by atoms with Crippen molar-refractivity contribution in [3.05, 3.63) is 70.0 Å². The first-order valence-corrected chi connectivity index (χ1v) is 7.61. The molecule has 0 saturated heterocycles. The molecule has 0 saturated carbocycles. The second-order valence-electron chi connectivity index (χ2n) is 5.51. The number of fused-ring (bicyclic) bond motifs is 1. The summed E-state index contributed by atoms with van der Waals surface area (Å²) < 4.78 is 12.3. The van der Waals surface area contributed by atoms with Crippen LogP contribution in [0.25, 0.3) is 10.9 Å². The quantitative estimate of drug-likeness (QED) is 0.773. The molecule has 128 valence electrons. The summed E-state index contributed by atoms with van der Waals surface area (Å²) in [5.74, 6) is -0.0390. The first-order valence-electron chi connectivity index (χ1n) is 7.61. The Bertz CT molecular complexity index is 1010. The number of nitrogens with zero attached hydrogens (tertiary/aromatic N) is 1. The molecule has 1 N–H and O–H groups in total. The van der Waals surface area contributed by atoms with Crippen molar-refractivity contribution in [3.8, 4) is 11.5 Å². The van der Waals surface area contributed by atoms with E-state index >= 15 is 0 Å². The average Bonchev–Trinajstić information content (AvgIpc) is 2.63. The van der Waals surface area contributed by atoms with Gasteiger partial charge in [-0.15, -0.1) is 0 Å². The fourth-order valence-corrected chi connectivity index (χ4v) is 2.80. The largest absolute Gasteiger partial charge is 0.493 e. The molecule has 6 nitrogen and oxygen atoms in total. The highest BCUT2D eigenvalue weighted by molar-refractivity contribution is 5.92. The molecule has 0 atom stereocenters. The highest BCUT2D eigenvalue weighted by atomic mass is 16.5. The number of hydrogen-bond acceptors (Lipinski definition) is 4. The maximum atomic E-state index is 12.3. The van der Waals surface area contributed by atoms with E-state index in [4.69, 9.17) is 9.47 Å². The fourth-order valence-electron chi connectivity index (χ4n) is 2.80. The van der Waals surface area contributed by atoms with Crippen molar-refractivity contribution in [2.24, 2.45) is 0 Å². The number of benzene rings is 2. The topological polar surface area (TPSA) is 77.8 Å². The molecule has 0 fully saturated rings. The van der Waals surface area contributed by atoms with Crippen molar-refractivity contribution >= 4 is 16.9 Å². The van der Waals surface area contributed by atoms with Crippen molar-refractivity contribution in [3.63, 3.8) is 0 Å². The number of carboxylic acid groups (broad SMARTS) is 1. The van der Waals surface area contributed by atoms with Crippen LogP contribution in [0.15, 0.2) is 53.5 Å². The van der Waals surface area contributed by atoms with Gasteiger partial charge >= 0.3 is 5.97 Å². The molecule has 2 aromatic carbocycles. The predicted octanol–water partition coefficient (Wildman–Crippen LogP) is 2.77. The lowest BCUT2D eigenvalue weighted by Crippen LogP contribution is -2.19. The highest BCUT2D eigenvalue weighted by Gasteiger charge is 2.14. The van der Waals surface area contributed by atoms with E-state index in [0.717, 1.165) is 5.56 Å². The summed E-state index contributed by atoms with van der Waals surface area (Å²) in [5, 5.41) is 9.69. The molecule has 0 unspecified atom stereocenters. The smallest absolute Gasteiger partial charge is 0.341 e. The van der Waals surface area contributed by atoms with Crippen molar-refractivity contribution in [1.29, 1.82) is 0 Å². The molecule has 0 aliphatic rings. The summed E-state index contributed by atoms with van der Waals surface area (Å²) in [6.07, 6.45) is 1.38. The third kappa shape index (κ3) is 3.06. The number of para-hydroxylation sites is 1. The molecule has 3 aromatic rings. The molecule has 0 spiro atoms. The van der Waals surface area contributed by atoms with E-state index in [2.05, 4.69) is 0 Å². The van der Waals surface area contributed by atoms with E-state index in [9.17, 15) is 14.7 Å². The molecule has 0 radical (unpaired) electrons. The van der Waals surface area contributed by atoms with Gasteiger partial charge in [0.15, 0.2) is 11.5 Å². The van der Waals surface area contributed by atoms with Crippen LogP contribution in [-0.4, -0.2) is 29.9 Å². The van der Waals surface area contributed by atoms with Crippen molar-refractivity contribution in [2.45, 2.75) is 6.54 Å². The Morgan fingerprint density at radius 2 is 1.80 bits per heavy atom. The minimum Gasteiger partial charge on any atom is -0.493 e. The standard InChI is InChI=1S/C19H17NO5/c1-24-16-8-7-12(9-17(16)25-2)10-20-11-14(19(22)23)18(21)13-5-3-4-6-15(13)20/h3-9,11H,10H2,1-2H3,(H,22,23). The minimum absolute atomic E-state index is 0.251. The molecule has 1 heterocycles. The van der Waals surface area contributed by atoms with Crippen LogP contribution in [-0.2, 0) is 6.54 Å². The molecule has 0 aliphatic carbocycles. The zero-order chi connectivity index (χ0) is 18.0. The fraction of sp³-hybridized carbons (Fsp3) is 0.158. The molecule has 3 rings (SSSR count). The van der Waals surface area contributed by atoms with Gasteiger partial charge in [0.05, 0.1) is 19.7 Å². The Morgan fingerprint density at radius 3 is 2.48 bits per heavy atom. The van der Waals surface area contributed by atoms with E-state index in [1.165, 1.54) is 6.20 Å². The summed E-state index contributed by atoms with van der Waals surface area (Å²) in [6, 6.07) is 12.4. The van der Waals surface area contributed by atoms with E-state index in [1.54, 1.807) is 43.1 Å². The van der Waals surface area contributed by atoms with Gasteiger partial charge in [0.1, 0.15) is 5.56 Å². The average molecular weight is 339 g/mol. The summed E-state index contributed by atoms with van der Waals surface area (Å²) >= 11 is 0. The normalized spacial score (nSPS) is 10.6. The van der Waals surface area contributed by atoms with Gasteiger partial charge in [-0.25, -0.2) is 4.79 Å². The molecule has 0 bridgehead atoms. The third-order valence-corrected chi connectivity index (χ3v) is 4.02. The van der Waals surface area contributed by atoms with Crippen molar-refractivity contribution < 1.29 is 19.4 Å². The lowest BCUT2D eigenvalue weighted by Gasteiger charge is -2.14. The SMILES string of the molecule is COc1ccc(Cn2cc(C(=O)O)c(=O)c3ccccc32)cc1OC. The monoisotopic (exact) mass is 339 g/mol. The van der Waals surface area contributed by atoms with Gasteiger partial charge in [0.25, 0.3) is 0 Å². The van der Waals surface area contributed by atoms with Gasteiger partial charge in [0.2, 0.25) is 5.43 Å². The molecule has 1 aromatic heterocycles. The van der Waals surface area contributed by atoms with E-state index in [-0.39, 0.29) is 5.56 Å². The summed E-state index contributed by atoms with van der Waals surface area (Å²) in [7, 11) is 3.12. The van der Waals surface area contributed by atoms with Gasteiger partial charge in [-0.1, -0.05) is 18.2 Å². The number of carboxylic acids is 1. The third-order valence-electron chi connectivity index (χ3n) is 4.02. The lowest BCUT2D eigenvalue weighted by molar-refractivity contribution is 0.0695. The zero-order valence-corrected chi connectivity index (χ0v) is 13.9. The Labute approximate surface area is 143 Å². The van der Waals surface area contributed by atoms with Crippen LogP contribution in [0.2, 0.25) is 0 Å². The van der Waals surface area contributed by atoms with Crippen LogP contribution in [0.1, 0.15) is 15.9 Å². The number of hydrogen-bond donors (Lipinski definition) is 1. The number of ether oxygens (including phenoxy) is 2. The van der Waals surface area contributed by atoms with Crippen molar-refractivity contribution in [2.75, 3.05) is 14.2 Å². The van der Waals surface area contributed by atoms with Gasteiger partial charge in [-0.2, -0.15) is 0 Å². The summed E-state index contributed by atoms with van der Waals surface area (Å²) in [6.45, 7) is 0.390. The number of carbonyl (C=O) groups is 1. The Kier molecular flexibility index (Phi) is 4.43.